The molecule has 0 radical (unpaired) electrons. The molecule has 0 spiro atoms. The van der Waals surface area contributed by atoms with Gasteiger partial charge in [-0.3, -0.25) is 0 Å². The van der Waals surface area contributed by atoms with Crippen molar-refractivity contribution in [2.24, 2.45) is 0 Å². The van der Waals surface area contributed by atoms with Crippen molar-refractivity contribution in [2.45, 2.75) is 78.2 Å². The maximum Gasteiger partial charge on any atom is 0.335 e. The van der Waals surface area contributed by atoms with Crippen LogP contribution in [0.5, 0.6) is 0 Å². The van der Waals surface area contributed by atoms with E-state index in [1.165, 1.54) is 33.8 Å². The Hall–Kier alpha value is -1.81. The number of rotatable bonds is 4. The van der Waals surface area contributed by atoms with Crippen molar-refractivity contribution >= 4 is 28.0 Å². The summed E-state index contributed by atoms with van der Waals surface area (Å²) in [6.45, 7) is 16.1. The normalized spacial score (nSPS) is 17.6. The molecule has 27 heavy (non-hydrogen) atoms. The third-order valence-electron chi connectivity index (χ3n) is 5.92. The molecule has 3 nitrogen and oxygen atoms in total. The zero-order valence-electron chi connectivity index (χ0n) is 17.5. The van der Waals surface area contributed by atoms with Crippen LogP contribution in [0.1, 0.15) is 80.7 Å². The molecule has 1 aliphatic carbocycles. The van der Waals surface area contributed by atoms with Crippen LogP contribution in [-0.4, -0.2) is 17.1 Å². The van der Waals surface area contributed by atoms with Crippen LogP contribution in [0.4, 0.5) is 10.7 Å². The predicted octanol–water partition coefficient (Wildman–Crippen LogP) is 6.65. The van der Waals surface area contributed by atoms with Gasteiger partial charge in [-0.2, -0.15) is 0 Å². The Balaban J connectivity index is 2.15. The summed E-state index contributed by atoms with van der Waals surface area (Å²) in [5.41, 5.74) is 4.67. The highest BCUT2D eigenvalue weighted by Crippen LogP contribution is 2.54. The molecule has 4 heteroatoms. The number of thiophene rings is 1. The summed E-state index contributed by atoms with van der Waals surface area (Å²) in [5.74, 6) is -0.885. The number of anilines is 2. The second-order valence-electron chi connectivity index (χ2n) is 9.32. The lowest BCUT2D eigenvalue weighted by Crippen LogP contribution is -2.32. The summed E-state index contributed by atoms with van der Waals surface area (Å²) in [6.07, 6.45) is 2.42. The van der Waals surface area contributed by atoms with E-state index in [-0.39, 0.29) is 16.9 Å². The van der Waals surface area contributed by atoms with Gasteiger partial charge >= 0.3 is 5.97 Å². The van der Waals surface area contributed by atoms with Gasteiger partial charge in [0.1, 0.15) is 0 Å². The Labute approximate surface area is 167 Å². The van der Waals surface area contributed by atoms with Crippen molar-refractivity contribution in [3.05, 3.63) is 45.8 Å². The van der Waals surface area contributed by atoms with Crippen molar-refractivity contribution in [3.63, 3.8) is 0 Å². The number of hydrogen-bond acceptors (Lipinski definition) is 3. The van der Waals surface area contributed by atoms with Crippen LogP contribution in [0.25, 0.3) is 0 Å². The maximum absolute atomic E-state index is 11.2. The highest BCUT2D eigenvalue weighted by atomic mass is 32.1. The molecule has 3 rings (SSSR count). The molecule has 2 aromatic rings. The summed E-state index contributed by atoms with van der Waals surface area (Å²) in [6, 6.07) is 7.54. The quantitative estimate of drug-likeness (QED) is 0.640. The van der Waals surface area contributed by atoms with Crippen molar-refractivity contribution in [2.75, 3.05) is 4.90 Å². The highest BCUT2D eigenvalue weighted by Gasteiger charge is 2.41. The van der Waals surface area contributed by atoms with E-state index in [0.717, 1.165) is 5.69 Å². The fourth-order valence-corrected chi connectivity index (χ4v) is 6.07. The molecule has 0 saturated heterocycles. The lowest BCUT2D eigenvalue weighted by atomic mass is 9.66. The Morgan fingerprint density at radius 1 is 1.07 bits per heavy atom. The molecule has 1 heterocycles. The number of hydrogen-bond donors (Lipinski definition) is 1. The number of carboxylic acid groups (broad SMARTS) is 1. The van der Waals surface area contributed by atoms with Gasteiger partial charge < -0.3 is 10.0 Å². The Morgan fingerprint density at radius 2 is 1.63 bits per heavy atom. The van der Waals surface area contributed by atoms with Gasteiger partial charge in [-0.05, 0) is 79.8 Å². The third kappa shape index (κ3) is 3.40. The molecule has 1 aromatic heterocycles. The minimum absolute atomic E-state index is 0.194. The largest absolute Gasteiger partial charge is 0.478 e. The summed E-state index contributed by atoms with van der Waals surface area (Å²) >= 11 is 1.92. The Kier molecular flexibility index (Phi) is 4.92. The van der Waals surface area contributed by atoms with Gasteiger partial charge in [-0.1, -0.05) is 27.7 Å². The molecule has 0 aliphatic heterocycles. The molecule has 0 amide bonds. The standard InChI is InChI=1S/C23H31NO2S/c1-14(2)24(17-10-8-16(9-11-17)21(25)26)20-15(3)18-19(27-20)23(6,7)13-12-22(18,4)5/h8-11,14H,12-13H2,1-7H3,(H,25,26). The second kappa shape index (κ2) is 6.66. The maximum atomic E-state index is 11.2. The SMILES string of the molecule is Cc1c(N(c2ccc(C(=O)O)cc2)C(C)C)sc2c1C(C)(C)CCC2(C)C. The molecule has 0 unspecified atom stereocenters. The van der Waals surface area contributed by atoms with Gasteiger partial charge in [0.2, 0.25) is 0 Å². The summed E-state index contributed by atoms with van der Waals surface area (Å²) < 4.78 is 0. The van der Waals surface area contributed by atoms with Crippen LogP contribution < -0.4 is 4.90 Å². The third-order valence-corrected chi connectivity index (χ3v) is 7.57. The van der Waals surface area contributed by atoms with Gasteiger partial charge in [0.25, 0.3) is 0 Å². The molecule has 146 valence electrons. The molecule has 1 aliphatic rings. The Morgan fingerprint density at radius 3 is 2.11 bits per heavy atom. The molecule has 1 N–H and O–H groups in total. The molecule has 1 aromatic carbocycles. The van der Waals surface area contributed by atoms with Gasteiger partial charge in [-0.25, -0.2) is 4.79 Å². The highest BCUT2D eigenvalue weighted by molar-refractivity contribution is 7.16. The lowest BCUT2D eigenvalue weighted by Gasteiger charge is -2.39. The van der Waals surface area contributed by atoms with Crippen LogP contribution >= 0.6 is 11.3 Å². The smallest absolute Gasteiger partial charge is 0.335 e. The number of benzene rings is 1. The number of carbonyl (C=O) groups is 1. The summed E-state index contributed by atoms with van der Waals surface area (Å²) in [4.78, 5) is 15.1. The Bertz CT molecular complexity index is 859. The van der Waals surface area contributed by atoms with E-state index in [2.05, 4.69) is 53.4 Å². The predicted molar refractivity (Wildman–Crippen MR) is 115 cm³/mol. The van der Waals surface area contributed by atoms with Crippen molar-refractivity contribution in [1.29, 1.82) is 0 Å². The molecular weight excluding hydrogens is 354 g/mol. The molecule has 0 saturated carbocycles. The van der Waals surface area contributed by atoms with Crippen LogP contribution in [0.15, 0.2) is 24.3 Å². The van der Waals surface area contributed by atoms with Crippen LogP contribution in [-0.2, 0) is 10.8 Å². The average Bonchev–Trinajstić information content (AvgIpc) is 2.92. The van der Waals surface area contributed by atoms with E-state index < -0.39 is 5.97 Å². The number of carboxylic acids is 1. The van der Waals surface area contributed by atoms with E-state index in [9.17, 15) is 9.90 Å². The van der Waals surface area contributed by atoms with E-state index in [1.807, 2.05) is 23.5 Å². The van der Waals surface area contributed by atoms with Gasteiger partial charge in [0.05, 0.1) is 10.6 Å². The minimum atomic E-state index is -0.885. The first-order chi connectivity index (χ1) is 12.5. The first kappa shape index (κ1) is 19.9. The minimum Gasteiger partial charge on any atom is -0.478 e. The number of fused-ring (bicyclic) bond motifs is 1. The van der Waals surface area contributed by atoms with Gasteiger partial charge in [0.15, 0.2) is 0 Å². The van der Waals surface area contributed by atoms with Crippen molar-refractivity contribution < 1.29 is 9.90 Å². The second-order valence-corrected chi connectivity index (χ2v) is 10.3. The lowest BCUT2D eigenvalue weighted by molar-refractivity contribution is 0.0697. The number of aromatic carboxylic acids is 1. The number of nitrogens with zero attached hydrogens (tertiary/aromatic N) is 1. The summed E-state index contributed by atoms with van der Waals surface area (Å²) in [7, 11) is 0. The monoisotopic (exact) mass is 385 g/mol. The zero-order chi connectivity index (χ0) is 20.1. The molecule has 0 atom stereocenters. The van der Waals surface area contributed by atoms with E-state index in [0.29, 0.717) is 5.56 Å². The van der Waals surface area contributed by atoms with E-state index >= 15 is 0 Å². The van der Waals surface area contributed by atoms with Crippen molar-refractivity contribution in [1.82, 2.24) is 0 Å². The average molecular weight is 386 g/mol. The van der Waals surface area contributed by atoms with E-state index in [4.69, 9.17) is 0 Å². The molecular formula is C23H31NO2S. The summed E-state index contributed by atoms with van der Waals surface area (Å²) in [5, 5.41) is 10.5. The van der Waals surface area contributed by atoms with Gasteiger partial charge in [-0.15, -0.1) is 11.3 Å². The first-order valence-corrected chi connectivity index (χ1v) is 10.5. The van der Waals surface area contributed by atoms with Crippen LogP contribution in [0.3, 0.4) is 0 Å². The van der Waals surface area contributed by atoms with Crippen molar-refractivity contribution in [3.8, 4) is 0 Å². The zero-order valence-corrected chi connectivity index (χ0v) is 18.3. The fourth-order valence-electron chi connectivity index (χ4n) is 4.30. The topological polar surface area (TPSA) is 40.5 Å². The fraction of sp³-hybridized carbons (Fsp3) is 0.522. The van der Waals surface area contributed by atoms with E-state index in [1.54, 1.807) is 12.1 Å². The van der Waals surface area contributed by atoms with Crippen LogP contribution in [0.2, 0.25) is 0 Å². The first-order valence-electron chi connectivity index (χ1n) is 9.72. The molecule has 0 bridgehead atoms. The molecule has 0 fully saturated rings. The van der Waals surface area contributed by atoms with Crippen LogP contribution in [0, 0.1) is 6.92 Å². The van der Waals surface area contributed by atoms with Gasteiger partial charge in [0, 0.05) is 16.6 Å².